The van der Waals surface area contributed by atoms with Gasteiger partial charge < -0.3 is 15.1 Å². The normalized spacial score (nSPS) is 18.5. The van der Waals surface area contributed by atoms with Crippen LogP contribution in [-0.4, -0.2) is 37.0 Å². The Morgan fingerprint density at radius 3 is 2.64 bits per heavy atom. The Morgan fingerprint density at radius 1 is 1.08 bits per heavy atom. The number of nitrogens with one attached hydrogen (secondary N) is 1. The Bertz CT molecular complexity index is 854. The molecule has 1 fully saturated rings. The van der Waals surface area contributed by atoms with Crippen LogP contribution in [0.5, 0.6) is 0 Å². The number of carbonyl (C=O) groups excluding carboxylic acids is 1. The summed E-state index contributed by atoms with van der Waals surface area (Å²) in [6.07, 6.45) is 1.99. The van der Waals surface area contributed by atoms with Gasteiger partial charge in [-0.2, -0.15) is 0 Å². The van der Waals surface area contributed by atoms with E-state index in [1.165, 1.54) is 11.3 Å². The molecule has 0 atom stereocenters. The Kier molecular flexibility index (Phi) is 4.14. The van der Waals surface area contributed by atoms with Crippen LogP contribution in [0.3, 0.4) is 0 Å². The zero-order valence-electron chi connectivity index (χ0n) is 14.1. The highest BCUT2D eigenvalue weighted by Crippen LogP contribution is 2.34. The molecule has 0 aromatic heterocycles. The first kappa shape index (κ1) is 16.0. The number of hydrogen-bond donors (Lipinski definition) is 1. The number of amides is 1. The third-order valence-electron chi connectivity index (χ3n) is 4.76. The number of carbonyl (C=O) groups is 1. The third-order valence-corrected chi connectivity index (χ3v) is 4.99. The third kappa shape index (κ3) is 3.22. The van der Waals surface area contributed by atoms with Gasteiger partial charge in [-0.05, 0) is 36.8 Å². The molecule has 1 N–H and O–H groups in total. The van der Waals surface area contributed by atoms with Gasteiger partial charge in [-0.15, -0.1) is 0 Å². The van der Waals surface area contributed by atoms with Crippen molar-refractivity contribution in [2.45, 2.75) is 6.92 Å². The molecule has 2 aromatic carbocycles. The Morgan fingerprint density at radius 2 is 1.88 bits per heavy atom. The highest BCUT2D eigenvalue weighted by atomic mass is 35.5. The van der Waals surface area contributed by atoms with E-state index < -0.39 is 0 Å². The van der Waals surface area contributed by atoms with Gasteiger partial charge in [0, 0.05) is 48.7 Å². The van der Waals surface area contributed by atoms with Gasteiger partial charge in [0.15, 0.2) is 0 Å². The van der Waals surface area contributed by atoms with Crippen LogP contribution in [0.1, 0.15) is 11.1 Å². The van der Waals surface area contributed by atoms with Gasteiger partial charge in [-0.25, -0.2) is 0 Å². The van der Waals surface area contributed by atoms with E-state index >= 15 is 0 Å². The summed E-state index contributed by atoms with van der Waals surface area (Å²) in [5.74, 6) is -0.0571. The van der Waals surface area contributed by atoms with Crippen molar-refractivity contribution >= 4 is 34.5 Å². The molecule has 0 bridgehead atoms. The first-order valence-corrected chi connectivity index (χ1v) is 8.87. The largest absolute Gasteiger partial charge is 0.373 e. The number of anilines is 2. The number of nitrogens with zero attached hydrogens (tertiary/aromatic N) is 2. The second-order valence-electron chi connectivity index (χ2n) is 6.55. The lowest BCUT2D eigenvalue weighted by molar-refractivity contribution is -0.110. The zero-order chi connectivity index (χ0) is 17.4. The number of benzene rings is 2. The lowest BCUT2D eigenvalue weighted by atomic mass is 10.1. The molecule has 25 heavy (non-hydrogen) atoms. The molecule has 1 amide bonds. The van der Waals surface area contributed by atoms with E-state index in [1.54, 1.807) is 6.07 Å². The van der Waals surface area contributed by atoms with Gasteiger partial charge >= 0.3 is 0 Å². The van der Waals surface area contributed by atoms with Crippen molar-refractivity contribution in [3.8, 4) is 0 Å². The van der Waals surface area contributed by atoms with Crippen LogP contribution in [-0.2, 0) is 4.79 Å². The van der Waals surface area contributed by atoms with Crippen LogP contribution < -0.4 is 10.2 Å². The maximum absolute atomic E-state index is 12.3. The Hall–Kier alpha value is -2.46. The average molecular weight is 354 g/mol. The molecular weight excluding hydrogens is 334 g/mol. The summed E-state index contributed by atoms with van der Waals surface area (Å²) < 4.78 is 0. The second kappa shape index (κ2) is 6.45. The lowest BCUT2D eigenvalue weighted by Gasteiger charge is -2.36. The van der Waals surface area contributed by atoms with Crippen molar-refractivity contribution < 1.29 is 4.79 Å². The van der Waals surface area contributed by atoms with E-state index in [-0.39, 0.29) is 5.91 Å². The van der Waals surface area contributed by atoms with E-state index in [1.807, 2.05) is 18.3 Å². The summed E-state index contributed by atoms with van der Waals surface area (Å²) in [5.41, 5.74) is 4.99. The fourth-order valence-electron chi connectivity index (χ4n) is 3.41. The molecule has 2 aliphatic rings. The number of rotatable bonds is 2. The fraction of sp³-hybridized carbons (Fsp3) is 0.250. The molecule has 2 aliphatic heterocycles. The molecule has 4 nitrogen and oxygen atoms in total. The minimum absolute atomic E-state index is 0.0571. The molecule has 4 rings (SSSR count). The predicted octanol–water partition coefficient (Wildman–Crippen LogP) is 3.76. The smallest absolute Gasteiger partial charge is 0.257 e. The molecule has 2 heterocycles. The van der Waals surface area contributed by atoms with Crippen LogP contribution in [0, 0.1) is 6.92 Å². The summed E-state index contributed by atoms with van der Waals surface area (Å²) >= 11 is 6.01. The van der Waals surface area contributed by atoms with Crippen LogP contribution in [0.4, 0.5) is 11.4 Å². The average Bonchev–Trinajstić information content (AvgIpc) is 2.90. The molecule has 0 spiro atoms. The van der Waals surface area contributed by atoms with E-state index in [0.717, 1.165) is 43.0 Å². The molecule has 1 saturated heterocycles. The van der Waals surface area contributed by atoms with Gasteiger partial charge in [0.1, 0.15) is 0 Å². The van der Waals surface area contributed by atoms with Crippen molar-refractivity contribution in [1.29, 1.82) is 0 Å². The fourth-order valence-corrected chi connectivity index (χ4v) is 3.58. The lowest BCUT2D eigenvalue weighted by Crippen LogP contribution is -2.44. The maximum Gasteiger partial charge on any atom is 0.257 e. The van der Waals surface area contributed by atoms with Gasteiger partial charge in [0.25, 0.3) is 5.91 Å². The Balaban J connectivity index is 1.49. The first-order valence-electron chi connectivity index (χ1n) is 8.49. The molecule has 0 radical (unpaired) electrons. The molecule has 0 aliphatic carbocycles. The highest BCUT2D eigenvalue weighted by Gasteiger charge is 2.26. The van der Waals surface area contributed by atoms with E-state index in [4.69, 9.17) is 11.6 Å². The highest BCUT2D eigenvalue weighted by molar-refractivity contribution is 6.34. The van der Waals surface area contributed by atoms with Crippen molar-refractivity contribution in [3.63, 3.8) is 0 Å². The molecule has 2 aromatic rings. The molecule has 128 valence electrons. The molecular formula is C20H20ClN3O. The summed E-state index contributed by atoms with van der Waals surface area (Å²) in [6, 6.07) is 14.1. The number of piperazine rings is 1. The minimum Gasteiger partial charge on any atom is -0.373 e. The summed E-state index contributed by atoms with van der Waals surface area (Å²) in [5, 5.41) is 3.52. The van der Waals surface area contributed by atoms with Gasteiger partial charge in [0.2, 0.25) is 0 Å². The van der Waals surface area contributed by atoms with Crippen LogP contribution in [0.2, 0.25) is 5.02 Å². The van der Waals surface area contributed by atoms with E-state index in [0.29, 0.717) is 5.02 Å². The summed E-state index contributed by atoms with van der Waals surface area (Å²) in [4.78, 5) is 16.9. The molecule has 0 unspecified atom stereocenters. The van der Waals surface area contributed by atoms with Crippen LogP contribution in [0.25, 0.3) is 5.57 Å². The quantitative estimate of drug-likeness (QED) is 0.835. The minimum atomic E-state index is -0.0571. The number of halogens is 1. The van der Waals surface area contributed by atoms with Crippen molar-refractivity contribution in [2.24, 2.45) is 0 Å². The molecule has 0 saturated carbocycles. The SMILES string of the molecule is Cc1cccc(N2CCN(/C=C3/C(=O)Nc4cc(Cl)ccc43)CC2)c1. The standard InChI is InChI=1S/C20H20ClN3O/c1-14-3-2-4-16(11-14)24-9-7-23(8-10-24)13-18-17-6-5-15(21)12-19(17)22-20(18)25/h2-6,11-13H,7-10H2,1H3,(H,22,25)/b18-13+. The number of hydrogen-bond acceptors (Lipinski definition) is 3. The van der Waals surface area contributed by atoms with E-state index in [9.17, 15) is 4.79 Å². The number of fused-ring (bicyclic) bond motifs is 1. The Labute approximate surface area is 152 Å². The maximum atomic E-state index is 12.3. The first-order chi connectivity index (χ1) is 12.1. The van der Waals surface area contributed by atoms with Crippen LogP contribution >= 0.6 is 11.6 Å². The van der Waals surface area contributed by atoms with Crippen molar-refractivity contribution in [1.82, 2.24) is 4.90 Å². The van der Waals surface area contributed by atoms with Gasteiger partial charge in [-0.3, -0.25) is 4.79 Å². The predicted molar refractivity (Wildman–Crippen MR) is 103 cm³/mol. The van der Waals surface area contributed by atoms with E-state index in [2.05, 4.69) is 46.3 Å². The van der Waals surface area contributed by atoms with Crippen molar-refractivity contribution in [2.75, 3.05) is 36.4 Å². The van der Waals surface area contributed by atoms with Crippen molar-refractivity contribution in [3.05, 3.63) is 64.8 Å². The monoisotopic (exact) mass is 353 g/mol. The van der Waals surface area contributed by atoms with Crippen LogP contribution in [0.15, 0.2) is 48.7 Å². The summed E-state index contributed by atoms with van der Waals surface area (Å²) in [6.45, 7) is 5.80. The topological polar surface area (TPSA) is 35.6 Å². The molecule has 5 heteroatoms. The second-order valence-corrected chi connectivity index (χ2v) is 6.99. The van der Waals surface area contributed by atoms with Gasteiger partial charge in [-0.1, -0.05) is 29.8 Å². The summed E-state index contributed by atoms with van der Waals surface area (Å²) in [7, 11) is 0. The zero-order valence-corrected chi connectivity index (χ0v) is 14.9. The van der Waals surface area contributed by atoms with Gasteiger partial charge in [0.05, 0.1) is 11.3 Å². The number of aryl methyl sites for hydroxylation is 1.